The van der Waals surface area contributed by atoms with E-state index in [-0.39, 0.29) is 23.3 Å². The van der Waals surface area contributed by atoms with Crippen molar-refractivity contribution in [2.75, 3.05) is 5.32 Å². The van der Waals surface area contributed by atoms with Crippen LogP contribution < -0.4 is 11.1 Å². The minimum Gasteiger partial charge on any atom is -0.377 e. The minimum absolute atomic E-state index is 0.0572. The Hall–Kier alpha value is -2.13. The van der Waals surface area contributed by atoms with E-state index in [1.165, 1.54) is 6.07 Å². The lowest BCUT2D eigenvalue weighted by Gasteiger charge is -2.28. The second-order valence-corrected chi connectivity index (χ2v) is 4.87. The van der Waals surface area contributed by atoms with Crippen molar-refractivity contribution in [3.05, 3.63) is 33.9 Å². The molecule has 6 heteroatoms. The lowest BCUT2D eigenvalue weighted by atomic mass is 9.91. The van der Waals surface area contributed by atoms with Gasteiger partial charge in [0, 0.05) is 18.2 Å². The molecule has 0 aliphatic heterocycles. The first kappa shape index (κ1) is 13.3. The number of nitrogens with two attached hydrogens (primary N) is 1. The van der Waals surface area contributed by atoms with Gasteiger partial charge in [-0.2, -0.15) is 5.26 Å². The van der Waals surface area contributed by atoms with Crippen LogP contribution >= 0.6 is 0 Å². The molecule has 0 aromatic heterocycles. The highest BCUT2D eigenvalue weighted by Crippen LogP contribution is 2.28. The molecule has 0 saturated heterocycles. The summed E-state index contributed by atoms with van der Waals surface area (Å²) in [5, 5.41) is 23.0. The molecule has 0 heterocycles. The van der Waals surface area contributed by atoms with Crippen molar-refractivity contribution < 1.29 is 4.92 Å². The van der Waals surface area contributed by atoms with Crippen LogP contribution in [0.1, 0.15) is 31.2 Å². The Labute approximate surface area is 111 Å². The van der Waals surface area contributed by atoms with Gasteiger partial charge in [-0.3, -0.25) is 10.1 Å². The summed E-state index contributed by atoms with van der Waals surface area (Å²) in [4.78, 5) is 10.6. The van der Waals surface area contributed by atoms with Gasteiger partial charge in [0.25, 0.3) is 5.69 Å². The van der Waals surface area contributed by atoms with Crippen LogP contribution in [0.15, 0.2) is 18.2 Å². The van der Waals surface area contributed by atoms with Crippen LogP contribution in [0, 0.1) is 21.4 Å². The van der Waals surface area contributed by atoms with Crippen LogP contribution in [0.4, 0.5) is 11.4 Å². The number of anilines is 1. The predicted molar refractivity (Wildman–Crippen MR) is 71.7 cm³/mol. The smallest absolute Gasteiger partial charge is 0.293 e. The van der Waals surface area contributed by atoms with Gasteiger partial charge in [-0.1, -0.05) is 0 Å². The second-order valence-electron chi connectivity index (χ2n) is 4.87. The number of nitro groups is 1. The quantitative estimate of drug-likeness (QED) is 0.640. The number of rotatable bonds is 3. The lowest BCUT2D eigenvalue weighted by Crippen LogP contribution is -2.35. The number of benzene rings is 1. The fraction of sp³-hybridized carbons (Fsp3) is 0.462. The van der Waals surface area contributed by atoms with Gasteiger partial charge < -0.3 is 11.1 Å². The first-order valence-corrected chi connectivity index (χ1v) is 6.31. The highest BCUT2D eigenvalue weighted by molar-refractivity contribution is 5.64. The molecule has 2 atom stereocenters. The van der Waals surface area contributed by atoms with Crippen molar-refractivity contribution in [1.29, 1.82) is 5.26 Å². The molecule has 1 aromatic carbocycles. The fourth-order valence-electron chi connectivity index (χ4n) is 2.45. The Balaban J connectivity index is 2.20. The molecule has 1 aromatic rings. The zero-order chi connectivity index (χ0) is 13.8. The van der Waals surface area contributed by atoms with Crippen molar-refractivity contribution in [2.24, 2.45) is 5.73 Å². The molecule has 0 radical (unpaired) electrons. The van der Waals surface area contributed by atoms with Gasteiger partial charge in [0.2, 0.25) is 0 Å². The Morgan fingerprint density at radius 3 is 2.89 bits per heavy atom. The summed E-state index contributed by atoms with van der Waals surface area (Å²) in [5.41, 5.74) is 6.60. The molecule has 0 amide bonds. The van der Waals surface area contributed by atoms with Gasteiger partial charge in [-0.15, -0.1) is 0 Å². The van der Waals surface area contributed by atoms with Gasteiger partial charge in [0.05, 0.1) is 16.6 Å². The van der Waals surface area contributed by atoms with Crippen molar-refractivity contribution >= 4 is 11.4 Å². The third-order valence-electron chi connectivity index (χ3n) is 3.40. The number of nitrogens with one attached hydrogen (secondary N) is 1. The molecule has 2 rings (SSSR count). The first-order valence-electron chi connectivity index (χ1n) is 6.31. The van der Waals surface area contributed by atoms with Gasteiger partial charge in [-0.25, -0.2) is 0 Å². The normalized spacial score (nSPS) is 22.5. The maximum Gasteiger partial charge on any atom is 0.293 e. The maximum absolute atomic E-state index is 11.0. The van der Waals surface area contributed by atoms with E-state index in [0.29, 0.717) is 5.69 Å². The van der Waals surface area contributed by atoms with Crippen LogP contribution in [-0.4, -0.2) is 17.0 Å². The van der Waals surface area contributed by atoms with Crippen LogP contribution in [0.3, 0.4) is 0 Å². The molecule has 1 fully saturated rings. The standard InChI is InChI=1S/C13H16N4O2/c14-8-9-4-5-12(13(6-9)17(18)19)16-11-3-1-2-10(15)7-11/h4-6,10-11,16H,1-3,7,15H2. The summed E-state index contributed by atoms with van der Waals surface area (Å²) in [6.45, 7) is 0. The van der Waals surface area contributed by atoms with E-state index in [1.807, 2.05) is 6.07 Å². The molecule has 1 aliphatic rings. The number of hydrogen-bond donors (Lipinski definition) is 2. The maximum atomic E-state index is 11.0. The Bertz CT molecular complexity index is 524. The van der Waals surface area contributed by atoms with Crippen molar-refractivity contribution in [3.8, 4) is 6.07 Å². The molecule has 3 N–H and O–H groups in total. The molecule has 19 heavy (non-hydrogen) atoms. The second kappa shape index (κ2) is 5.67. The van der Waals surface area contributed by atoms with E-state index in [0.717, 1.165) is 25.7 Å². The average Bonchev–Trinajstić information content (AvgIpc) is 2.39. The summed E-state index contributed by atoms with van der Waals surface area (Å²) in [6.07, 6.45) is 3.82. The highest BCUT2D eigenvalue weighted by Gasteiger charge is 2.22. The summed E-state index contributed by atoms with van der Waals surface area (Å²) >= 11 is 0. The molecule has 6 nitrogen and oxygen atoms in total. The van der Waals surface area contributed by atoms with Gasteiger partial charge >= 0.3 is 0 Å². The average molecular weight is 260 g/mol. The minimum atomic E-state index is -0.466. The molecule has 1 saturated carbocycles. The molecule has 2 unspecified atom stereocenters. The van der Waals surface area contributed by atoms with E-state index in [2.05, 4.69) is 5.32 Å². The van der Waals surface area contributed by atoms with Gasteiger partial charge in [0.1, 0.15) is 5.69 Å². The van der Waals surface area contributed by atoms with Crippen molar-refractivity contribution in [2.45, 2.75) is 37.8 Å². The van der Waals surface area contributed by atoms with Crippen LogP contribution in [0.2, 0.25) is 0 Å². The van der Waals surface area contributed by atoms with Gasteiger partial charge in [0.15, 0.2) is 0 Å². The third-order valence-corrected chi connectivity index (χ3v) is 3.40. The number of nitro benzene ring substituents is 1. The zero-order valence-electron chi connectivity index (χ0n) is 10.5. The number of nitriles is 1. The molecule has 0 bridgehead atoms. The van der Waals surface area contributed by atoms with Crippen LogP contribution in [0.5, 0.6) is 0 Å². The lowest BCUT2D eigenvalue weighted by molar-refractivity contribution is -0.384. The molecule has 1 aliphatic carbocycles. The van der Waals surface area contributed by atoms with E-state index < -0.39 is 4.92 Å². The Morgan fingerprint density at radius 2 is 2.26 bits per heavy atom. The summed E-state index contributed by atoms with van der Waals surface area (Å²) < 4.78 is 0. The zero-order valence-corrected chi connectivity index (χ0v) is 10.5. The molecule has 0 spiro atoms. The topological polar surface area (TPSA) is 105 Å². The fourth-order valence-corrected chi connectivity index (χ4v) is 2.45. The van der Waals surface area contributed by atoms with Crippen molar-refractivity contribution in [3.63, 3.8) is 0 Å². The summed E-state index contributed by atoms with van der Waals surface area (Å²) in [5.74, 6) is 0. The molecular formula is C13H16N4O2. The van der Waals surface area contributed by atoms with E-state index in [4.69, 9.17) is 11.0 Å². The van der Waals surface area contributed by atoms with E-state index in [9.17, 15) is 10.1 Å². The molecular weight excluding hydrogens is 244 g/mol. The predicted octanol–water partition coefficient (Wildman–Crippen LogP) is 2.15. The third kappa shape index (κ3) is 3.20. The van der Waals surface area contributed by atoms with Gasteiger partial charge in [-0.05, 0) is 37.8 Å². The largest absolute Gasteiger partial charge is 0.377 e. The first-order chi connectivity index (χ1) is 9.10. The monoisotopic (exact) mass is 260 g/mol. The Morgan fingerprint density at radius 1 is 1.47 bits per heavy atom. The Kier molecular flexibility index (Phi) is 3.97. The highest BCUT2D eigenvalue weighted by atomic mass is 16.6. The summed E-state index contributed by atoms with van der Waals surface area (Å²) in [7, 11) is 0. The van der Waals surface area contributed by atoms with E-state index >= 15 is 0 Å². The van der Waals surface area contributed by atoms with Crippen LogP contribution in [-0.2, 0) is 0 Å². The van der Waals surface area contributed by atoms with Crippen LogP contribution in [0.25, 0.3) is 0 Å². The SMILES string of the molecule is N#Cc1ccc(NC2CCCC(N)C2)c([N+](=O)[O-])c1. The summed E-state index contributed by atoms with van der Waals surface area (Å²) in [6, 6.07) is 6.70. The number of nitrogens with zero attached hydrogens (tertiary/aromatic N) is 2. The molecule has 100 valence electrons. The van der Waals surface area contributed by atoms with E-state index in [1.54, 1.807) is 12.1 Å². The van der Waals surface area contributed by atoms with Crippen molar-refractivity contribution in [1.82, 2.24) is 0 Å². The number of hydrogen-bond acceptors (Lipinski definition) is 5.